The van der Waals surface area contributed by atoms with Crippen molar-refractivity contribution in [1.82, 2.24) is 15.1 Å². The Morgan fingerprint density at radius 2 is 2.18 bits per heavy atom. The first-order valence-corrected chi connectivity index (χ1v) is 8.19. The molecule has 122 valence electrons. The predicted molar refractivity (Wildman–Crippen MR) is 86.7 cm³/mol. The smallest absolute Gasteiger partial charge is 0.189 e. The molecule has 0 bridgehead atoms. The van der Waals surface area contributed by atoms with E-state index in [1.54, 1.807) is 6.20 Å². The number of nitrogens with one attached hydrogen (secondary N) is 1. The lowest BCUT2D eigenvalue weighted by atomic mass is 9.82. The van der Waals surface area contributed by atoms with Gasteiger partial charge in [-0.2, -0.15) is 5.10 Å². The van der Waals surface area contributed by atoms with Gasteiger partial charge in [0, 0.05) is 24.9 Å². The van der Waals surface area contributed by atoms with Crippen molar-refractivity contribution in [3.8, 4) is 0 Å². The van der Waals surface area contributed by atoms with Gasteiger partial charge in [0.05, 0.1) is 17.7 Å². The third-order valence-electron chi connectivity index (χ3n) is 4.35. The molecular weight excluding hydrogens is 278 g/mol. The molecule has 0 radical (unpaired) electrons. The van der Waals surface area contributed by atoms with Gasteiger partial charge < -0.3 is 15.8 Å². The maximum Gasteiger partial charge on any atom is 0.189 e. The molecule has 2 fully saturated rings. The van der Waals surface area contributed by atoms with Crippen LogP contribution in [0.2, 0.25) is 0 Å². The van der Waals surface area contributed by atoms with Crippen LogP contribution in [0.15, 0.2) is 23.5 Å². The van der Waals surface area contributed by atoms with Crippen LogP contribution in [0, 0.1) is 0 Å². The van der Waals surface area contributed by atoms with Crippen LogP contribution >= 0.6 is 0 Å². The molecule has 0 aliphatic heterocycles. The van der Waals surface area contributed by atoms with Crippen molar-refractivity contribution >= 4 is 5.96 Å². The first kappa shape index (κ1) is 15.3. The Morgan fingerprint density at radius 1 is 1.41 bits per heavy atom. The molecule has 3 N–H and O–H groups in total. The second-order valence-electron chi connectivity index (χ2n) is 7.33. The SMILES string of the molecule is CC(C)(C)OC1CC(N=C(N)NC2CCC2)C1n1cccn1. The number of aromatic nitrogens is 2. The fourth-order valence-corrected chi connectivity index (χ4v) is 3.05. The lowest BCUT2D eigenvalue weighted by Crippen LogP contribution is -2.52. The van der Waals surface area contributed by atoms with Gasteiger partial charge >= 0.3 is 0 Å². The van der Waals surface area contributed by atoms with Crippen molar-refractivity contribution in [1.29, 1.82) is 0 Å². The number of aliphatic imine (C=N–C) groups is 1. The van der Waals surface area contributed by atoms with E-state index in [1.807, 2.05) is 16.9 Å². The molecule has 3 atom stereocenters. The average molecular weight is 305 g/mol. The molecular formula is C16H27N5O. The maximum atomic E-state index is 6.14. The Hall–Kier alpha value is -1.56. The van der Waals surface area contributed by atoms with Gasteiger partial charge in [0.1, 0.15) is 6.04 Å². The molecule has 2 aliphatic rings. The minimum Gasteiger partial charge on any atom is -0.370 e. The van der Waals surface area contributed by atoms with Gasteiger partial charge in [-0.3, -0.25) is 4.68 Å². The van der Waals surface area contributed by atoms with E-state index in [0.717, 1.165) is 6.42 Å². The number of hydrogen-bond acceptors (Lipinski definition) is 3. The molecule has 0 amide bonds. The zero-order valence-electron chi connectivity index (χ0n) is 13.7. The Bertz CT molecular complexity index is 515. The van der Waals surface area contributed by atoms with Gasteiger partial charge in [-0.05, 0) is 46.1 Å². The van der Waals surface area contributed by atoms with Gasteiger partial charge in [0.2, 0.25) is 0 Å². The highest BCUT2D eigenvalue weighted by atomic mass is 16.5. The molecule has 2 aliphatic carbocycles. The summed E-state index contributed by atoms with van der Waals surface area (Å²) >= 11 is 0. The topological polar surface area (TPSA) is 77.5 Å². The number of rotatable bonds is 4. The maximum absolute atomic E-state index is 6.14. The zero-order valence-corrected chi connectivity index (χ0v) is 13.7. The molecule has 3 unspecified atom stereocenters. The Labute approximate surface area is 132 Å². The number of ether oxygens (including phenoxy) is 1. The molecule has 22 heavy (non-hydrogen) atoms. The first-order valence-electron chi connectivity index (χ1n) is 8.19. The molecule has 6 heteroatoms. The largest absolute Gasteiger partial charge is 0.370 e. The van der Waals surface area contributed by atoms with Crippen molar-refractivity contribution in [2.45, 2.75) is 76.3 Å². The number of hydrogen-bond donors (Lipinski definition) is 2. The van der Waals surface area contributed by atoms with Crippen molar-refractivity contribution in [3.05, 3.63) is 18.5 Å². The Balaban J connectivity index is 1.67. The van der Waals surface area contributed by atoms with E-state index in [2.05, 4.69) is 36.2 Å². The lowest BCUT2D eigenvalue weighted by molar-refractivity contribution is -0.128. The fraction of sp³-hybridized carbons (Fsp3) is 0.750. The summed E-state index contributed by atoms with van der Waals surface area (Å²) in [4.78, 5) is 4.66. The molecule has 0 aromatic carbocycles. The highest BCUT2D eigenvalue weighted by Gasteiger charge is 2.45. The summed E-state index contributed by atoms with van der Waals surface area (Å²) in [6, 6.07) is 2.69. The van der Waals surface area contributed by atoms with Crippen molar-refractivity contribution in [3.63, 3.8) is 0 Å². The van der Waals surface area contributed by atoms with Crippen LogP contribution in [0.5, 0.6) is 0 Å². The van der Waals surface area contributed by atoms with E-state index < -0.39 is 0 Å². The van der Waals surface area contributed by atoms with Crippen molar-refractivity contribution in [2.75, 3.05) is 0 Å². The molecule has 1 heterocycles. The molecule has 3 rings (SSSR count). The van der Waals surface area contributed by atoms with Gasteiger partial charge in [0.15, 0.2) is 5.96 Å². The highest BCUT2D eigenvalue weighted by Crippen LogP contribution is 2.39. The van der Waals surface area contributed by atoms with E-state index in [4.69, 9.17) is 10.5 Å². The van der Waals surface area contributed by atoms with Crippen LogP contribution in [-0.2, 0) is 4.74 Å². The number of nitrogens with two attached hydrogens (primary N) is 1. The molecule has 6 nitrogen and oxygen atoms in total. The third-order valence-corrected chi connectivity index (χ3v) is 4.35. The zero-order chi connectivity index (χ0) is 15.7. The van der Waals surface area contributed by atoms with Crippen LogP contribution in [0.4, 0.5) is 0 Å². The molecule has 1 aromatic rings. The van der Waals surface area contributed by atoms with E-state index in [-0.39, 0.29) is 23.8 Å². The highest BCUT2D eigenvalue weighted by molar-refractivity contribution is 5.78. The van der Waals surface area contributed by atoms with Crippen LogP contribution in [0.3, 0.4) is 0 Å². The third kappa shape index (κ3) is 3.43. The summed E-state index contributed by atoms with van der Waals surface area (Å²) in [5, 5.41) is 7.67. The summed E-state index contributed by atoms with van der Waals surface area (Å²) in [6.45, 7) is 6.24. The summed E-state index contributed by atoms with van der Waals surface area (Å²) in [5.41, 5.74) is 5.88. The van der Waals surface area contributed by atoms with Gasteiger partial charge in [-0.15, -0.1) is 0 Å². The van der Waals surface area contributed by atoms with Crippen LogP contribution < -0.4 is 11.1 Å². The van der Waals surface area contributed by atoms with Gasteiger partial charge in [-0.25, -0.2) is 4.99 Å². The summed E-state index contributed by atoms with van der Waals surface area (Å²) < 4.78 is 8.09. The number of guanidine groups is 1. The standard InChI is InChI=1S/C16H27N5O/c1-16(2,3)22-13-10-12(14(13)21-9-5-8-18-21)20-15(17)19-11-6-4-7-11/h5,8-9,11-14H,4,6-7,10H2,1-3H3,(H3,17,19,20). The second kappa shape index (κ2) is 5.91. The van der Waals surface area contributed by atoms with Gasteiger partial charge in [-0.1, -0.05) is 0 Å². The average Bonchev–Trinajstić information content (AvgIpc) is 2.84. The quantitative estimate of drug-likeness (QED) is 0.657. The Kier molecular flexibility index (Phi) is 4.12. The second-order valence-corrected chi connectivity index (χ2v) is 7.33. The molecule has 0 spiro atoms. The van der Waals surface area contributed by atoms with Crippen LogP contribution in [0.25, 0.3) is 0 Å². The summed E-state index contributed by atoms with van der Waals surface area (Å²) in [6.07, 6.45) is 8.45. The predicted octanol–water partition coefficient (Wildman–Crippen LogP) is 1.84. The lowest BCUT2D eigenvalue weighted by Gasteiger charge is -2.45. The van der Waals surface area contributed by atoms with Crippen LogP contribution in [-0.4, -0.2) is 39.5 Å². The van der Waals surface area contributed by atoms with E-state index >= 15 is 0 Å². The van der Waals surface area contributed by atoms with Crippen molar-refractivity contribution in [2.24, 2.45) is 10.7 Å². The molecule has 1 aromatic heterocycles. The Morgan fingerprint density at radius 3 is 2.73 bits per heavy atom. The summed E-state index contributed by atoms with van der Waals surface area (Å²) in [5.74, 6) is 0.557. The van der Waals surface area contributed by atoms with E-state index in [1.165, 1.54) is 19.3 Å². The summed E-state index contributed by atoms with van der Waals surface area (Å²) in [7, 11) is 0. The fourth-order valence-electron chi connectivity index (χ4n) is 3.05. The van der Waals surface area contributed by atoms with Crippen LogP contribution in [0.1, 0.15) is 52.5 Å². The minimum atomic E-state index is -0.166. The van der Waals surface area contributed by atoms with Crippen molar-refractivity contribution < 1.29 is 4.74 Å². The first-order chi connectivity index (χ1) is 10.4. The van der Waals surface area contributed by atoms with E-state index in [0.29, 0.717) is 12.0 Å². The minimum absolute atomic E-state index is 0.121. The van der Waals surface area contributed by atoms with E-state index in [9.17, 15) is 0 Å². The molecule has 2 saturated carbocycles. The monoisotopic (exact) mass is 305 g/mol. The normalized spacial score (nSPS) is 29.8. The molecule has 0 saturated heterocycles. The van der Waals surface area contributed by atoms with Gasteiger partial charge in [0.25, 0.3) is 0 Å². The number of nitrogens with zero attached hydrogens (tertiary/aromatic N) is 3.